The van der Waals surface area contributed by atoms with Gasteiger partial charge in [-0.1, -0.05) is 91.0 Å². The first-order valence-corrected chi connectivity index (χ1v) is 12.2. The standard InChI is InChI=1S/C24H28NOPS/c1-24(2,3)28(26)25-23(20-13-7-4-8-14-20)19-27(21-15-9-5-10-16-21)22-17-11-6-12-18-22/h4-18,23,25H,19H2,1-3H3. The van der Waals surface area contributed by atoms with E-state index in [2.05, 4.69) is 89.7 Å². The maximum absolute atomic E-state index is 12.9. The van der Waals surface area contributed by atoms with Gasteiger partial charge in [-0.2, -0.15) is 0 Å². The van der Waals surface area contributed by atoms with Crippen molar-refractivity contribution in [2.75, 3.05) is 6.16 Å². The first kappa shape index (κ1) is 20.9. The van der Waals surface area contributed by atoms with Gasteiger partial charge in [-0.05, 0) is 51.0 Å². The van der Waals surface area contributed by atoms with Crippen LogP contribution in [0.15, 0.2) is 91.0 Å². The smallest absolute Gasteiger partial charge is 0.0976 e. The Morgan fingerprint density at radius 1 is 0.786 bits per heavy atom. The monoisotopic (exact) mass is 409 g/mol. The molecule has 0 aromatic heterocycles. The summed E-state index contributed by atoms with van der Waals surface area (Å²) in [5, 5.41) is 2.68. The second-order valence-electron chi connectivity index (χ2n) is 7.74. The van der Waals surface area contributed by atoms with Gasteiger partial charge < -0.3 is 0 Å². The Hall–Kier alpha value is -1.80. The quantitative estimate of drug-likeness (QED) is 0.552. The second kappa shape index (κ2) is 9.60. The van der Waals surface area contributed by atoms with Gasteiger partial charge in [-0.3, -0.25) is 0 Å². The highest BCUT2D eigenvalue weighted by atomic mass is 32.2. The van der Waals surface area contributed by atoms with Crippen LogP contribution in [0.3, 0.4) is 0 Å². The molecule has 0 saturated heterocycles. The second-order valence-corrected chi connectivity index (χ2v) is 12.0. The Morgan fingerprint density at radius 2 is 1.21 bits per heavy atom. The predicted molar refractivity (Wildman–Crippen MR) is 124 cm³/mol. The van der Waals surface area contributed by atoms with Gasteiger partial charge in [-0.15, -0.1) is 0 Å². The lowest BCUT2D eigenvalue weighted by Gasteiger charge is -2.28. The van der Waals surface area contributed by atoms with Crippen LogP contribution in [0.1, 0.15) is 32.4 Å². The first-order valence-electron chi connectivity index (χ1n) is 9.56. The van der Waals surface area contributed by atoms with E-state index in [1.807, 2.05) is 26.8 Å². The highest BCUT2D eigenvalue weighted by Gasteiger charge is 2.26. The summed E-state index contributed by atoms with van der Waals surface area (Å²) in [5.74, 6) is 0. The molecule has 3 aromatic rings. The zero-order valence-electron chi connectivity index (χ0n) is 16.7. The van der Waals surface area contributed by atoms with E-state index in [9.17, 15) is 4.21 Å². The topological polar surface area (TPSA) is 29.1 Å². The largest absolute Gasteiger partial charge is 0.242 e. The third-order valence-corrected chi connectivity index (χ3v) is 8.69. The van der Waals surface area contributed by atoms with Crippen molar-refractivity contribution in [2.45, 2.75) is 31.6 Å². The van der Waals surface area contributed by atoms with E-state index in [-0.39, 0.29) is 10.8 Å². The zero-order valence-corrected chi connectivity index (χ0v) is 18.4. The predicted octanol–water partition coefficient (Wildman–Crippen LogP) is 4.91. The lowest BCUT2D eigenvalue weighted by Crippen LogP contribution is -2.37. The summed E-state index contributed by atoms with van der Waals surface area (Å²) in [6.45, 7) is 6.03. The molecule has 3 rings (SSSR count). The number of benzene rings is 3. The van der Waals surface area contributed by atoms with Gasteiger partial charge in [0, 0.05) is 6.04 Å². The Labute approximate surface area is 172 Å². The molecule has 1 N–H and O–H groups in total. The van der Waals surface area contributed by atoms with Gasteiger partial charge in [0.2, 0.25) is 0 Å². The molecule has 0 saturated carbocycles. The molecule has 0 aliphatic carbocycles. The number of hydrogen-bond donors (Lipinski definition) is 1. The molecule has 0 bridgehead atoms. The number of rotatable bonds is 7. The van der Waals surface area contributed by atoms with Crippen LogP contribution >= 0.6 is 7.92 Å². The van der Waals surface area contributed by atoms with Crippen LogP contribution in [0.5, 0.6) is 0 Å². The summed E-state index contributed by atoms with van der Waals surface area (Å²) in [7, 11) is -1.71. The van der Waals surface area contributed by atoms with E-state index in [1.165, 1.54) is 16.2 Å². The average Bonchev–Trinajstić information content (AvgIpc) is 2.72. The minimum atomic E-state index is -1.14. The van der Waals surface area contributed by atoms with E-state index in [0.717, 1.165) is 6.16 Å². The van der Waals surface area contributed by atoms with Crippen LogP contribution in [0.2, 0.25) is 0 Å². The molecular weight excluding hydrogens is 381 g/mol. The normalized spacial score (nSPS) is 14.0. The van der Waals surface area contributed by atoms with E-state index < -0.39 is 18.9 Å². The molecule has 3 aromatic carbocycles. The fourth-order valence-corrected chi connectivity index (χ4v) is 6.37. The molecule has 146 valence electrons. The lowest BCUT2D eigenvalue weighted by molar-refractivity contribution is 0.618. The Kier molecular flexibility index (Phi) is 7.18. The molecule has 0 radical (unpaired) electrons. The molecule has 2 atom stereocenters. The van der Waals surface area contributed by atoms with Crippen LogP contribution in [-0.2, 0) is 11.0 Å². The van der Waals surface area contributed by atoms with Gasteiger partial charge >= 0.3 is 0 Å². The van der Waals surface area contributed by atoms with Gasteiger partial charge in [0.15, 0.2) is 0 Å². The molecule has 28 heavy (non-hydrogen) atoms. The summed E-state index contributed by atoms with van der Waals surface area (Å²) in [5.41, 5.74) is 1.18. The maximum Gasteiger partial charge on any atom is 0.0976 e. The zero-order chi connectivity index (χ0) is 20.0. The van der Waals surface area contributed by atoms with Crippen molar-refractivity contribution in [3.8, 4) is 0 Å². The molecule has 0 amide bonds. The fourth-order valence-electron chi connectivity index (χ4n) is 2.96. The molecule has 0 aliphatic heterocycles. The average molecular weight is 410 g/mol. The Bertz CT molecular complexity index is 839. The number of hydrogen-bond acceptors (Lipinski definition) is 1. The first-order chi connectivity index (χ1) is 13.4. The minimum Gasteiger partial charge on any atom is -0.242 e. The number of nitrogens with one attached hydrogen (secondary N) is 1. The Morgan fingerprint density at radius 3 is 1.64 bits per heavy atom. The van der Waals surface area contributed by atoms with Crippen LogP contribution in [0, 0.1) is 0 Å². The molecular formula is C24H28NOPS. The fraction of sp³-hybridized carbons (Fsp3) is 0.250. The van der Waals surface area contributed by atoms with Gasteiger partial charge in [0.25, 0.3) is 0 Å². The SMILES string of the molecule is CC(C)(C)S(=O)NC(CP(c1ccccc1)c1ccccc1)c1ccccc1. The summed E-state index contributed by atoms with van der Waals surface area (Å²) >= 11 is 0. The van der Waals surface area contributed by atoms with E-state index in [1.54, 1.807) is 0 Å². The van der Waals surface area contributed by atoms with E-state index in [4.69, 9.17) is 0 Å². The summed E-state index contributed by atoms with van der Waals surface area (Å²) < 4.78 is 16.0. The molecule has 0 spiro atoms. The summed E-state index contributed by atoms with van der Waals surface area (Å²) in [6, 6.07) is 31.8. The highest BCUT2D eigenvalue weighted by molar-refractivity contribution is 7.84. The molecule has 2 unspecified atom stereocenters. The van der Waals surface area contributed by atoms with Crippen molar-refractivity contribution in [3.05, 3.63) is 96.6 Å². The van der Waals surface area contributed by atoms with Crippen molar-refractivity contribution in [1.82, 2.24) is 4.72 Å². The van der Waals surface area contributed by atoms with E-state index in [0.29, 0.717) is 0 Å². The third kappa shape index (κ3) is 5.61. The van der Waals surface area contributed by atoms with Gasteiger partial charge in [0.1, 0.15) is 0 Å². The van der Waals surface area contributed by atoms with Crippen LogP contribution in [0.25, 0.3) is 0 Å². The lowest BCUT2D eigenvalue weighted by atomic mass is 10.1. The molecule has 2 nitrogen and oxygen atoms in total. The van der Waals surface area contributed by atoms with E-state index >= 15 is 0 Å². The van der Waals surface area contributed by atoms with Crippen molar-refractivity contribution in [3.63, 3.8) is 0 Å². The minimum absolute atomic E-state index is 0.0211. The van der Waals surface area contributed by atoms with Crippen LogP contribution < -0.4 is 15.3 Å². The van der Waals surface area contributed by atoms with Crippen LogP contribution in [0.4, 0.5) is 0 Å². The maximum atomic E-state index is 12.9. The molecule has 4 heteroatoms. The third-order valence-electron chi connectivity index (χ3n) is 4.51. The van der Waals surface area contributed by atoms with Gasteiger partial charge in [-0.25, -0.2) is 8.93 Å². The van der Waals surface area contributed by atoms with Crippen molar-refractivity contribution >= 4 is 29.5 Å². The molecule has 0 heterocycles. The van der Waals surface area contributed by atoms with Gasteiger partial charge in [0.05, 0.1) is 15.7 Å². The van der Waals surface area contributed by atoms with Crippen molar-refractivity contribution in [1.29, 1.82) is 0 Å². The molecule has 0 fully saturated rings. The molecule has 0 aliphatic rings. The summed E-state index contributed by atoms with van der Waals surface area (Å²) in [6.07, 6.45) is 0.898. The van der Waals surface area contributed by atoms with Crippen molar-refractivity contribution in [2.24, 2.45) is 0 Å². The Balaban J connectivity index is 1.97. The highest BCUT2D eigenvalue weighted by Crippen LogP contribution is 2.38. The van der Waals surface area contributed by atoms with Crippen molar-refractivity contribution < 1.29 is 4.21 Å². The summed E-state index contributed by atoms with van der Waals surface area (Å²) in [4.78, 5) is 0. The van der Waals surface area contributed by atoms with Crippen LogP contribution in [-0.4, -0.2) is 15.1 Å².